The molecule has 2 rings (SSSR count). The van der Waals surface area contributed by atoms with Crippen molar-refractivity contribution in [3.8, 4) is 0 Å². The summed E-state index contributed by atoms with van der Waals surface area (Å²) >= 11 is 1.61. The topological polar surface area (TPSA) is 34.0 Å². The highest BCUT2D eigenvalue weighted by molar-refractivity contribution is 7.09. The van der Waals surface area contributed by atoms with E-state index in [0.29, 0.717) is 29.9 Å². The molecule has 0 spiro atoms. The quantitative estimate of drug-likeness (QED) is 0.891. The van der Waals surface area contributed by atoms with Gasteiger partial charge in [0.2, 0.25) is 0 Å². The molecule has 0 atom stereocenters. The molecule has 0 aliphatic heterocycles. The third kappa shape index (κ3) is 4.13. The zero-order valence-electron chi connectivity index (χ0n) is 12.3. The molecule has 7 heteroatoms. The van der Waals surface area contributed by atoms with E-state index < -0.39 is 12.7 Å². The Morgan fingerprint density at radius 1 is 1.36 bits per heavy atom. The second-order valence-electron chi connectivity index (χ2n) is 5.07. The number of carbonyl (C=O) groups excluding carboxylic acids is 1. The fourth-order valence-corrected chi connectivity index (χ4v) is 3.01. The average Bonchev–Trinajstić information content (AvgIpc) is 3.01. The van der Waals surface area contributed by atoms with Crippen LogP contribution in [0.4, 0.5) is 13.2 Å². The van der Waals surface area contributed by atoms with Gasteiger partial charge in [0, 0.05) is 22.8 Å². The summed E-state index contributed by atoms with van der Waals surface area (Å²) in [4.78, 5) is 13.3. The van der Waals surface area contributed by atoms with Gasteiger partial charge >= 0.3 is 6.18 Å². The minimum Gasteiger partial charge on any atom is -0.352 e. The summed E-state index contributed by atoms with van der Waals surface area (Å²) in [5.74, 6) is -0.335. The highest BCUT2D eigenvalue weighted by Crippen LogP contribution is 2.23. The smallest absolute Gasteiger partial charge is 0.352 e. The zero-order chi connectivity index (χ0) is 16.3. The van der Waals surface area contributed by atoms with Crippen LogP contribution in [0.5, 0.6) is 0 Å². The molecule has 0 aromatic carbocycles. The number of halogens is 3. The van der Waals surface area contributed by atoms with Crippen LogP contribution in [0.1, 0.15) is 26.6 Å². The monoisotopic (exact) mass is 330 g/mol. The van der Waals surface area contributed by atoms with Crippen molar-refractivity contribution in [2.75, 3.05) is 6.54 Å². The molecule has 0 aliphatic rings. The third-order valence-electron chi connectivity index (χ3n) is 3.39. The van der Waals surface area contributed by atoms with E-state index in [1.165, 1.54) is 13.0 Å². The van der Waals surface area contributed by atoms with Gasteiger partial charge in [-0.1, -0.05) is 6.07 Å². The van der Waals surface area contributed by atoms with Gasteiger partial charge < -0.3 is 9.88 Å². The lowest BCUT2D eigenvalue weighted by Gasteiger charge is -2.12. The molecule has 2 heterocycles. The molecule has 0 fully saturated rings. The first kappa shape index (κ1) is 16.6. The summed E-state index contributed by atoms with van der Waals surface area (Å²) in [6.45, 7) is 2.49. The SMILES string of the molecule is Cc1cc(C(=O)NCCc2cccs2)c(C)n1CC(F)(F)F. The van der Waals surface area contributed by atoms with Crippen LogP contribution in [0, 0.1) is 13.8 Å². The highest BCUT2D eigenvalue weighted by Gasteiger charge is 2.30. The van der Waals surface area contributed by atoms with E-state index in [4.69, 9.17) is 0 Å². The Kier molecular flexibility index (Phi) is 4.95. The molecule has 0 radical (unpaired) electrons. The predicted octanol–water partition coefficient (Wildman–Crippen LogP) is 3.70. The normalized spacial score (nSPS) is 11.7. The van der Waals surface area contributed by atoms with Crippen LogP contribution in [0.2, 0.25) is 0 Å². The molecule has 2 aromatic rings. The summed E-state index contributed by atoms with van der Waals surface area (Å²) < 4.78 is 38.8. The Labute approximate surface area is 130 Å². The Morgan fingerprint density at radius 2 is 2.09 bits per heavy atom. The lowest BCUT2D eigenvalue weighted by Crippen LogP contribution is -2.26. The molecule has 120 valence electrons. The molecule has 0 unspecified atom stereocenters. The fraction of sp³-hybridized carbons (Fsp3) is 0.400. The van der Waals surface area contributed by atoms with Gasteiger partial charge in [-0.15, -0.1) is 11.3 Å². The number of thiophene rings is 1. The predicted molar refractivity (Wildman–Crippen MR) is 80.3 cm³/mol. The minimum atomic E-state index is -4.30. The largest absolute Gasteiger partial charge is 0.406 e. The van der Waals surface area contributed by atoms with Crippen LogP contribution in [-0.2, 0) is 13.0 Å². The summed E-state index contributed by atoms with van der Waals surface area (Å²) in [6.07, 6.45) is -3.59. The number of hydrogen-bond acceptors (Lipinski definition) is 2. The average molecular weight is 330 g/mol. The van der Waals surface area contributed by atoms with Gasteiger partial charge in [-0.2, -0.15) is 13.2 Å². The summed E-state index contributed by atoms with van der Waals surface area (Å²) in [5.41, 5.74) is 1.06. The maximum Gasteiger partial charge on any atom is 0.406 e. The molecule has 1 amide bonds. The van der Waals surface area contributed by atoms with Crippen LogP contribution < -0.4 is 5.32 Å². The van der Waals surface area contributed by atoms with Crippen molar-refractivity contribution in [2.24, 2.45) is 0 Å². The van der Waals surface area contributed by atoms with E-state index in [1.54, 1.807) is 18.3 Å². The second kappa shape index (κ2) is 6.56. The molecule has 2 aromatic heterocycles. The number of hydrogen-bond donors (Lipinski definition) is 1. The number of nitrogens with one attached hydrogen (secondary N) is 1. The Balaban J connectivity index is 2.02. The Morgan fingerprint density at radius 3 is 2.68 bits per heavy atom. The van der Waals surface area contributed by atoms with Gasteiger partial charge in [0.05, 0.1) is 5.56 Å². The van der Waals surface area contributed by atoms with Crippen molar-refractivity contribution in [1.29, 1.82) is 0 Å². The van der Waals surface area contributed by atoms with E-state index in [0.717, 1.165) is 9.44 Å². The van der Waals surface area contributed by atoms with Crippen molar-refractivity contribution in [3.63, 3.8) is 0 Å². The summed E-state index contributed by atoms with van der Waals surface area (Å²) in [6, 6.07) is 5.42. The first-order valence-electron chi connectivity index (χ1n) is 6.82. The Hall–Kier alpha value is -1.76. The van der Waals surface area contributed by atoms with Gasteiger partial charge in [0.25, 0.3) is 5.91 Å². The molecule has 0 saturated carbocycles. The number of rotatable bonds is 5. The van der Waals surface area contributed by atoms with Crippen molar-refractivity contribution < 1.29 is 18.0 Å². The van der Waals surface area contributed by atoms with E-state index in [-0.39, 0.29) is 5.91 Å². The van der Waals surface area contributed by atoms with Gasteiger partial charge in [-0.25, -0.2) is 0 Å². The third-order valence-corrected chi connectivity index (χ3v) is 4.33. The van der Waals surface area contributed by atoms with Crippen LogP contribution >= 0.6 is 11.3 Å². The maximum absolute atomic E-state index is 12.6. The van der Waals surface area contributed by atoms with Gasteiger partial charge in [-0.05, 0) is 37.8 Å². The standard InChI is InChI=1S/C15H17F3N2OS/c1-10-8-13(11(2)20(10)9-15(16,17)18)14(21)19-6-5-12-4-3-7-22-12/h3-4,7-8H,5-6,9H2,1-2H3,(H,19,21). The van der Waals surface area contributed by atoms with Gasteiger partial charge in [0.1, 0.15) is 6.54 Å². The molecular weight excluding hydrogens is 313 g/mol. The molecule has 22 heavy (non-hydrogen) atoms. The van der Waals surface area contributed by atoms with Crippen LogP contribution in [0.3, 0.4) is 0 Å². The van der Waals surface area contributed by atoms with Gasteiger partial charge in [0.15, 0.2) is 0 Å². The van der Waals surface area contributed by atoms with Crippen molar-refractivity contribution >= 4 is 17.2 Å². The summed E-state index contributed by atoms with van der Waals surface area (Å²) in [5, 5.41) is 4.71. The van der Waals surface area contributed by atoms with Crippen LogP contribution in [-0.4, -0.2) is 23.2 Å². The number of alkyl halides is 3. The van der Waals surface area contributed by atoms with Crippen molar-refractivity contribution in [3.05, 3.63) is 45.4 Å². The van der Waals surface area contributed by atoms with Crippen molar-refractivity contribution in [1.82, 2.24) is 9.88 Å². The molecule has 0 saturated heterocycles. The minimum absolute atomic E-state index is 0.299. The molecule has 0 bridgehead atoms. The Bertz CT molecular complexity index is 645. The van der Waals surface area contributed by atoms with Crippen LogP contribution in [0.25, 0.3) is 0 Å². The lowest BCUT2D eigenvalue weighted by molar-refractivity contribution is -0.141. The number of carbonyl (C=O) groups is 1. The second-order valence-corrected chi connectivity index (χ2v) is 6.10. The molecule has 1 N–H and O–H groups in total. The lowest BCUT2D eigenvalue weighted by atomic mass is 10.2. The number of amides is 1. The molecule has 0 aliphatic carbocycles. The molecule has 3 nitrogen and oxygen atoms in total. The fourth-order valence-electron chi connectivity index (χ4n) is 2.30. The van der Waals surface area contributed by atoms with E-state index in [1.807, 2.05) is 17.5 Å². The highest BCUT2D eigenvalue weighted by atomic mass is 32.1. The van der Waals surface area contributed by atoms with E-state index in [9.17, 15) is 18.0 Å². The van der Waals surface area contributed by atoms with Gasteiger partial charge in [-0.3, -0.25) is 4.79 Å². The maximum atomic E-state index is 12.6. The number of aryl methyl sites for hydroxylation is 1. The zero-order valence-corrected chi connectivity index (χ0v) is 13.1. The molecular formula is C15H17F3N2OS. The number of nitrogens with zero attached hydrogens (tertiary/aromatic N) is 1. The van der Waals surface area contributed by atoms with Crippen LogP contribution in [0.15, 0.2) is 23.6 Å². The first-order valence-corrected chi connectivity index (χ1v) is 7.70. The van der Waals surface area contributed by atoms with E-state index in [2.05, 4.69) is 5.32 Å². The van der Waals surface area contributed by atoms with Crippen molar-refractivity contribution in [2.45, 2.75) is 33.0 Å². The number of aromatic nitrogens is 1. The first-order chi connectivity index (χ1) is 10.3. The summed E-state index contributed by atoms with van der Waals surface area (Å²) in [7, 11) is 0. The van der Waals surface area contributed by atoms with E-state index >= 15 is 0 Å².